The Morgan fingerprint density at radius 3 is 2.64 bits per heavy atom. The zero-order valence-corrected chi connectivity index (χ0v) is 24.7. The normalized spacial score (nSPS) is 21.4. The van der Waals surface area contributed by atoms with E-state index in [0.29, 0.717) is 40.5 Å². The van der Waals surface area contributed by atoms with Crippen molar-refractivity contribution in [3.63, 3.8) is 0 Å². The maximum atomic E-state index is 13.6. The van der Waals surface area contributed by atoms with E-state index in [1.165, 1.54) is 12.1 Å². The monoisotopic (exact) mass is 604 g/mol. The van der Waals surface area contributed by atoms with E-state index in [1.54, 1.807) is 18.5 Å². The van der Waals surface area contributed by atoms with Gasteiger partial charge in [-0.3, -0.25) is 9.48 Å². The highest BCUT2D eigenvalue weighted by Crippen LogP contribution is 2.35. The number of ether oxygens (including phenoxy) is 1. The first-order chi connectivity index (χ1) is 19.7. The number of carbonyl (C=O) groups is 1. The molecular weight excluding hydrogens is 569 g/mol. The standard InChI is InChI=1S/C30H36ClF3N6O2/c1-18(42-29(2,3)4)39-11-10-23(17-39)40-16-19(15-35-40)28(41)37-22-7-5-6-21(13-22)36-26-14-27(30(32,33)34)38-25-9-8-20(31)12-24(25)26/h8-9,12,14-16,21-23H,1,5-7,10-11,13,17H2,2-4H3,(H,36,38)(H,37,41)/t21-,22+,23?/m0/s1. The number of aromatic nitrogens is 3. The fourth-order valence-electron chi connectivity index (χ4n) is 5.66. The summed E-state index contributed by atoms with van der Waals surface area (Å²) < 4.78 is 48.4. The molecule has 0 bridgehead atoms. The van der Waals surface area contributed by atoms with Gasteiger partial charge in [0.1, 0.15) is 11.3 Å². The van der Waals surface area contributed by atoms with Gasteiger partial charge in [0.2, 0.25) is 0 Å². The Kier molecular flexibility index (Phi) is 8.33. The Morgan fingerprint density at radius 1 is 1.14 bits per heavy atom. The second-order valence-corrected chi connectivity index (χ2v) is 12.5. The number of anilines is 1. The number of amides is 1. The lowest BCUT2D eigenvalue weighted by atomic mass is 9.90. The van der Waals surface area contributed by atoms with Gasteiger partial charge in [0.05, 0.1) is 23.3 Å². The number of nitrogens with one attached hydrogen (secondary N) is 2. The summed E-state index contributed by atoms with van der Waals surface area (Å²) in [5, 5.41) is 11.8. The number of hydrogen-bond donors (Lipinski definition) is 2. The number of likely N-dealkylation sites (tertiary alicyclic amines) is 1. The molecule has 3 atom stereocenters. The van der Waals surface area contributed by atoms with Crippen LogP contribution in [0.4, 0.5) is 18.9 Å². The highest BCUT2D eigenvalue weighted by atomic mass is 35.5. The van der Waals surface area contributed by atoms with E-state index >= 15 is 0 Å². The maximum Gasteiger partial charge on any atom is 0.433 e. The van der Waals surface area contributed by atoms with Gasteiger partial charge in [-0.1, -0.05) is 11.6 Å². The number of carbonyl (C=O) groups excluding carboxylic acids is 1. The van der Waals surface area contributed by atoms with Crippen molar-refractivity contribution in [1.82, 2.24) is 25.0 Å². The highest BCUT2D eigenvalue weighted by Gasteiger charge is 2.34. The van der Waals surface area contributed by atoms with Gasteiger partial charge in [-0.15, -0.1) is 0 Å². The van der Waals surface area contributed by atoms with Gasteiger partial charge < -0.3 is 20.3 Å². The van der Waals surface area contributed by atoms with E-state index in [-0.39, 0.29) is 35.2 Å². The Bertz CT molecular complexity index is 1470. The number of benzene rings is 1. The molecule has 2 N–H and O–H groups in total. The van der Waals surface area contributed by atoms with Crippen LogP contribution in [0.15, 0.2) is 49.1 Å². The molecule has 5 rings (SSSR count). The minimum absolute atomic E-state index is 0.0976. The minimum atomic E-state index is -4.58. The van der Waals surface area contributed by atoms with Gasteiger partial charge in [-0.05, 0) is 83.7 Å². The fourth-order valence-corrected chi connectivity index (χ4v) is 5.83. The first-order valence-corrected chi connectivity index (χ1v) is 14.5. The number of fused-ring (bicyclic) bond motifs is 1. The molecular formula is C30H36ClF3N6O2. The second kappa shape index (κ2) is 11.7. The van der Waals surface area contributed by atoms with Crippen molar-refractivity contribution in [2.24, 2.45) is 0 Å². The zero-order valence-electron chi connectivity index (χ0n) is 24.0. The number of nitrogens with zero attached hydrogens (tertiary/aromatic N) is 4. The molecule has 2 fully saturated rings. The Morgan fingerprint density at radius 2 is 1.90 bits per heavy atom. The first kappa shape index (κ1) is 30.0. The average Bonchev–Trinajstić information content (AvgIpc) is 3.58. The van der Waals surface area contributed by atoms with Crippen molar-refractivity contribution >= 4 is 34.1 Å². The number of alkyl halides is 3. The van der Waals surface area contributed by atoms with Gasteiger partial charge in [-0.25, -0.2) is 4.98 Å². The van der Waals surface area contributed by atoms with Crippen molar-refractivity contribution in [3.8, 4) is 0 Å². The van der Waals surface area contributed by atoms with E-state index < -0.39 is 11.9 Å². The molecule has 1 saturated carbocycles. The van der Waals surface area contributed by atoms with Crippen LogP contribution in [0.2, 0.25) is 5.02 Å². The average molecular weight is 605 g/mol. The van der Waals surface area contributed by atoms with Crippen LogP contribution < -0.4 is 10.6 Å². The third-order valence-electron chi connectivity index (χ3n) is 7.61. The highest BCUT2D eigenvalue weighted by molar-refractivity contribution is 6.31. The predicted octanol–water partition coefficient (Wildman–Crippen LogP) is 6.79. The zero-order chi connectivity index (χ0) is 30.2. The molecule has 2 aliphatic rings. The van der Waals surface area contributed by atoms with Gasteiger partial charge >= 0.3 is 6.18 Å². The number of hydrogen-bond acceptors (Lipinski definition) is 6. The van der Waals surface area contributed by atoms with Crippen molar-refractivity contribution < 1.29 is 22.7 Å². The molecule has 8 nitrogen and oxygen atoms in total. The lowest BCUT2D eigenvalue weighted by Gasteiger charge is -2.31. The molecule has 1 saturated heterocycles. The number of pyridine rings is 1. The summed E-state index contributed by atoms with van der Waals surface area (Å²) >= 11 is 6.14. The molecule has 3 aromatic rings. The molecule has 3 heterocycles. The summed E-state index contributed by atoms with van der Waals surface area (Å²) in [5.74, 6) is 0.413. The van der Waals surface area contributed by atoms with E-state index in [2.05, 4.69) is 32.2 Å². The molecule has 1 aliphatic carbocycles. The first-order valence-electron chi connectivity index (χ1n) is 14.2. The Labute approximate surface area is 248 Å². The molecule has 42 heavy (non-hydrogen) atoms. The van der Waals surface area contributed by atoms with Gasteiger partial charge in [0.25, 0.3) is 5.91 Å². The summed E-state index contributed by atoms with van der Waals surface area (Å²) in [7, 11) is 0. The molecule has 2 aromatic heterocycles. The van der Waals surface area contributed by atoms with Crippen LogP contribution in [-0.4, -0.2) is 56.3 Å². The van der Waals surface area contributed by atoms with Crippen LogP contribution in [0, 0.1) is 0 Å². The van der Waals surface area contributed by atoms with Gasteiger partial charge in [-0.2, -0.15) is 18.3 Å². The van der Waals surface area contributed by atoms with Crippen molar-refractivity contribution in [1.29, 1.82) is 0 Å². The lowest BCUT2D eigenvalue weighted by Crippen LogP contribution is -2.41. The predicted molar refractivity (Wildman–Crippen MR) is 156 cm³/mol. The number of rotatable bonds is 7. The summed E-state index contributed by atoms with van der Waals surface area (Å²) in [6, 6.07) is 5.49. The van der Waals surface area contributed by atoms with Gasteiger partial charge in [0, 0.05) is 47.5 Å². The maximum absolute atomic E-state index is 13.6. The second-order valence-electron chi connectivity index (χ2n) is 12.1. The quantitative estimate of drug-likeness (QED) is 0.289. The van der Waals surface area contributed by atoms with Crippen LogP contribution in [0.1, 0.15) is 75.0 Å². The number of halogens is 4. The van der Waals surface area contributed by atoms with Crippen LogP contribution >= 0.6 is 11.6 Å². The molecule has 1 amide bonds. The third-order valence-corrected chi connectivity index (χ3v) is 7.84. The van der Waals surface area contributed by atoms with Crippen molar-refractivity contribution in [2.45, 2.75) is 82.8 Å². The van der Waals surface area contributed by atoms with Crippen molar-refractivity contribution in [2.75, 3.05) is 18.4 Å². The van der Waals surface area contributed by atoms with Gasteiger partial charge in [0.15, 0.2) is 5.88 Å². The Balaban J connectivity index is 1.21. The van der Waals surface area contributed by atoms with E-state index in [4.69, 9.17) is 16.3 Å². The SMILES string of the molecule is C=C(OC(C)(C)C)N1CCC(n2cc(C(=O)N[C@@H]3CCC[C@H](Nc4cc(C(F)(F)F)nc5ccc(Cl)cc45)C3)cn2)C1. The van der Waals surface area contributed by atoms with Crippen LogP contribution in [0.5, 0.6) is 0 Å². The van der Waals surface area contributed by atoms with Crippen LogP contribution in [0.3, 0.4) is 0 Å². The minimum Gasteiger partial charge on any atom is -0.474 e. The smallest absolute Gasteiger partial charge is 0.433 e. The van der Waals surface area contributed by atoms with E-state index in [1.807, 2.05) is 25.5 Å². The molecule has 1 unspecified atom stereocenters. The van der Waals surface area contributed by atoms with Crippen LogP contribution in [0.25, 0.3) is 10.9 Å². The molecule has 12 heteroatoms. The molecule has 1 aromatic carbocycles. The van der Waals surface area contributed by atoms with Crippen LogP contribution in [-0.2, 0) is 10.9 Å². The molecule has 226 valence electrons. The summed E-state index contributed by atoms with van der Waals surface area (Å²) in [4.78, 5) is 19.0. The van der Waals surface area contributed by atoms with Crippen molar-refractivity contribution in [3.05, 3.63) is 65.4 Å². The summed E-state index contributed by atoms with van der Waals surface area (Å²) in [5.41, 5.74) is -0.280. The lowest BCUT2D eigenvalue weighted by molar-refractivity contribution is -0.140. The van der Waals surface area contributed by atoms with E-state index in [0.717, 1.165) is 38.3 Å². The fraction of sp³-hybridized carbons (Fsp3) is 0.500. The Hall–Kier alpha value is -3.47. The topological polar surface area (TPSA) is 84.3 Å². The molecule has 0 spiro atoms. The molecule has 1 aliphatic heterocycles. The third kappa shape index (κ3) is 7.11. The largest absolute Gasteiger partial charge is 0.474 e. The summed E-state index contributed by atoms with van der Waals surface area (Å²) in [6.45, 7) is 11.5. The summed E-state index contributed by atoms with van der Waals surface area (Å²) in [6.07, 6.45) is 2.54. The van der Waals surface area contributed by atoms with E-state index in [9.17, 15) is 18.0 Å². The molecule has 0 radical (unpaired) electrons.